The molecule has 5 nitrogen and oxygen atoms in total. The molecule has 0 saturated carbocycles. The minimum atomic E-state index is -0.674. The predicted octanol–water partition coefficient (Wildman–Crippen LogP) is 2.63. The standard InChI is InChI=1S/C13H16Cl2FN3O2/c1-6(8-4-11(16)10(15)5-9(8)14)18-7(2)12(20)19-13(21)17-3/h4-7,18H,1-3H3,(H2,17,19,20,21)/t6-,7-/m1/s1. The number of hydrogen-bond donors (Lipinski definition) is 3. The number of carbonyl (C=O) groups excluding carboxylic acids is 2. The van der Waals surface area contributed by atoms with E-state index in [0.717, 1.165) is 0 Å². The molecule has 116 valence electrons. The van der Waals surface area contributed by atoms with Crippen LogP contribution in [0.2, 0.25) is 10.0 Å². The summed E-state index contributed by atoms with van der Waals surface area (Å²) in [5.41, 5.74) is 0.471. The van der Waals surface area contributed by atoms with Gasteiger partial charge in [-0.3, -0.25) is 15.4 Å². The van der Waals surface area contributed by atoms with Crippen molar-refractivity contribution in [3.05, 3.63) is 33.6 Å². The highest BCUT2D eigenvalue weighted by atomic mass is 35.5. The van der Waals surface area contributed by atoms with Crippen LogP contribution in [0.4, 0.5) is 9.18 Å². The van der Waals surface area contributed by atoms with Crippen LogP contribution >= 0.6 is 23.2 Å². The lowest BCUT2D eigenvalue weighted by molar-refractivity contribution is -0.121. The number of benzene rings is 1. The molecule has 0 heterocycles. The minimum Gasteiger partial charge on any atom is -0.341 e. The second-order valence-corrected chi connectivity index (χ2v) is 5.28. The number of nitrogens with one attached hydrogen (secondary N) is 3. The lowest BCUT2D eigenvalue weighted by atomic mass is 10.1. The topological polar surface area (TPSA) is 70.2 Å². The van der Waals surface area contributed by atoms with Crippen molar-refractivity contribution >= 4 is 35.1 Å². The molecule has 8 heteroatoms. The summed E-state index contributed by atoms with van der Waals surface area (Å²) in [4.78, 5) is 22.8. The SMILES string of the molecule is CNC(=O)NC(=O)[C@@H](C)N[C@H](C)c1cc(F)c(Cl)cc1Cl. The van der Waals surface area contributed by atoms with Crippen molar-refractivity contribution in [1.29, 1.82) is 0 Å². The molecule has 3 N–H and O–H groups in total. The van der Waals surface area contributed by atoms with Crippen LogP contribution in [0.15, 0.2) is 12.1 Å². The summed E-state index contributed by atoms with van der Waals surface area (Å²) < 4.78 is 13.5. The van der Waals surface area contributed by atoms with Gasteiger partial charge >= 0.3 is 6.03 Å². The molecule has 0 fully saturated rings. The van der Waals surface area contributed by atoms with Crippen LogP contribution in [-0.4, -0.2) is 25.0 Å². The summed E-state index contributed by atoms with van der Waals surface area (Å²) in [7, 11) is 1.40. The molecule has 0 aliphatic carbocycles. The predicted molar refractivity (Wildman–Crippen MR) is 80.0 cm³/mol. The van der Waals surface area contributed by atoms with Crippen molar-refractivity contribution in [2.75, 3.05) is 7.05 Å². The molecule has 0 bridgehead atoms. The highest BCUT2D eigenvalue weighted by molar-refractivity contribution is 6.35. The molecule has 3 amide bonds. The summed E-state index contributed by atoms with van der Waals surface area (Å²) in [5, 5.41) is 7.57. The molecular formula is C13H16Cl2FN3O2. The quantitative estimate of drug-likeness (QED) is 0.741. The van der Waals surface area contributed by atoms with Gasteiger partial charge in [0.1, 0.15) is 5.82 Å². The highest BCUT2D eigenvalue weighted by Crippen LogP contribution is 2.28. The zero-order chi connectivity index (χ0) is 16.2. The lowest BCUT2D eigenvalue weighted by Crippen LogP contribution is -2.47. The van der Waals surface area contributed by atoms with Crippen LogP contribution in [0, 0.1) is 5.82 Å². The number of amides is 3. The number of hydrogen-bond acceptors (Lipinski definition) is 3. The molecule has 1 aromatic carbocycles. The zero-order valence-corrected chi connectivity index (χ0v) is 13.3. The molecule has 0 aliphatic rings. The van der Waals surface area contributed by atoms with Crippen molar-refractivity contribution in [1.82, 2.24) is 16.0 Å². The van der Waals surface area contributed by atoms with Gasteiger partial charge < -0.3 is 5.32 Å². The largest absolute Gasteiger partial charge is 0.341 e. The maximum absolute atomic E-state index is 13.5. The molecule has 0 unspecified atom stereocenters. The molecule has 0 aliphatic heterocycles. The summed E-state index contributed by atoms with van der Waals surface area (Å²) in [6.45, 7) is 3.30. The molecule has 1 aromatic rings. The van der Waals surface area contributed by atoms with Crippen LogP contribution in [0.3, 0.4) is 0 Å². The van der Waals surface area contributed by atoms with E-state index in [2.05, 4.69) is 16.0 Å². The number of imide groups is 1. The Labute approximate surface area is 132 Å². The number of rotatable bonds is 4. The van der Waals surface area contributed by atoms with Crippen LogP contribution < -0.4 is 16.0 Å². The number of urea groups is 1. The van der Waals surface area contributed by atoms with E-state index in [1.165, 1.54) is 19.2 Å². The van der Waals surface area contributed by atoms with Crippen LogP contribution in [0.1, 0.15) is 25.5 Å². The summed E-state index contributed by atoms with van der Waals surface area (Å²) >= 11 is 11.6. The molecular weight excluding hydrogens is 320 g/mol. The van der Waals surface area contributed by atoms with Crippen LogP contribution in [0.5, 0.6) is 0 Å². The summed E-state index contributed by atoms with van der Waals surface area (Å²) in [6, 6.07) is 0.839. The van der Waals surface area contributed by atoms with Crippen molar-refractivity contribution in [3.63, 3.8) is 0 Å². The van der Waals surface area contributed by atoms with E-state index < -0.39 is 29.8 Å². The third-order valence-corrected chi connectivity index (χ3v) is 3.48. The molecule has 2 atom stereocenters. The van der Waals surface area contributed by atoms with Gasteiger partial charge in [0.25, 0.3) is 0 Å². The Morgan fingerprint density at radius 1 is 1.19 bits per heavy atom. The normalized spacial score (nSPS) is 13.4. The number of carbonyl (C=O) groups is 2. The third kappa shape index (κ3) is 4.84. The van der Waals surface area contributed by atoms with Crippen molar-refractivity contribution in [2.24, 2.45) is 0 Å². The van der Waals surface area contributed by atoms with Crippen molar-refractivity contribution in [3.8, 4) is 0 Å². The Balaban J connectivity index is 2.77. The van der Waals surface area contributed by atoms with E-state index in [0.29, 0.717) is 10.6 Å². The Morgan fingerprint density at radius 2 is 1.81 bits per heavy atom. The van der Waals surface area contributed by atoms with Gasteiger partial charge in [-0.2, -0.15) is 0 Å². The van der Waals surface area contributed by atoms with E-state index in [1.807, 2.05) is 0 Å². The first-order valence-electron chi connectivity index (χ1n) is 6.19. The molecule has 21 heavy (non-hydrogen) atoms. The Hall–Kier alpha value is -1.37. The fourth-order valence-corrected chi connectivity index (χ4v) is 2.24. The average molecular weight is 336 g/mol. The van der Waals surface area contributed by atoms with Gasteiger partial charge in [-0.1, -0.05) is 23.2 Å². The molecule has 0 spiro atoms. The van der Waals surface area contributed by atoms with Gasteiger partial charge in [0.05, 0.1) is 11.1 Å². The Kier molecular flexibility index (Phi) is 6.39. The summed E-state index contributed by atoms with van der Waals surface area (Å²) in [6.07, 6.45) is 0. The van der Waals surface area contributed by atoms with Gasteiger partial charge in [0.2, 0.25) is 5.91 Å². The first-order chi connectivity index (χ1) is 9.76. The third-order valence-electron chi connectivity index (χ3n) is 2.86. The Bertz CT molecular complexity index is 554. The fourth-order valence-electron chi connectivity index (χ4n) is 1.69. The average Bonchev–Trinajstić information content (AvgIpc) is 2.42. The highest BCUT2D eigenvalue weighted by Gasteiger charge is 2.20. The first kappa shape index (κ1) is 17.7. The molecule has 0 saturated heterocycles. The van der Waals surface area contributed by atoms with Gasteiger partial charge in [-0.05, 0) is 31.5 Å². The van der Waals surface area contributed by atoms with Crippen LogP contribution in [0.25, 0.3) is 0 Å². The van der Waals surface area contributed by atoms with Crippen LogP contribution in [-0.2, 0) is 4.79 Å². The fraction of sp³-hybridized carbons (Fsp3) is 0.385. The first-order valence-corrected chi connectivity index (χ1v) is 6.95. The van der Waals surface area contributed by atoms with E-state index in [4.69, 9.17) is 23.2 Å². The maximum atomic E-state index is 13.5. The second kappa shape index (κ2) is 7.59. The second-order valence-electron chi connectivity index (χ2n) is 4.47. The smallest absolute Gasteiger partial charge is 0.321 e. The van der Waals surface area contributed by atoms with E-state index in [9.17, 15) is 14.0 Å². The van der Waals surface area contributed by atoms with Gasteiger partial charge in [-0.25, -0.2) is 9.18 Å². The van der Waals surface area contributed by atoms with E-state index in [1.54, 1.807) is 13.8 Å². The van der Waals surface area contributed by atoms with Crippen molar-refractivity contribution < 1.29 is 14.0 Å². The monoisotopic (exact) mass is 335 g/mol. The molecule has 1 rings (SSSR count). The molecule has 0 aromatic heterocycles. The van der Waals surface area contributed by atoms with Crippen molar-refractivity contribution in [2.45, 2.75) is 25.9 Å². The number of halogens is 3. The lowest BCUT2D eigenvalue weighted by Gasteiger charge is -2.20. The Morgan fingerprint density at radius 3 is 2.38 bits per heavy atom. The molecule has 0 radical (unpaired) electrons. The van der Waals surface area contributed by atoms with E-state index >= 15 is 0 Å². The minimum absolute atomic E-state index is 0.0682. The van der Waals surface area contributed by atoms with Gasteiger partial charge in [0.15, 0.2) is 0 Å². The van der Waals surface area contributed by atoms with E-state index in [-0.39, 0.29) is 5.02 Å². The van der Waals surface area contributed by atoms with Gasteiger partial charge in [0, 0.05) is 18.1 Å². The van der Waals surface area contributed by atoms with Gasteiger partial charge in [-0.15, -0.1) is 0 Å². The maximum Gasteiger partial charge on any atom is 0.321 e. The summed E-state index contributed by atoms with van der Waals surface area (Å²) in [5.74, 6) is -1.10. The zero-order valence-electron chi connectivity index (χ0n) is 11.8.